The minimum Gasteiger partial charge on any atom is -0.374 e. The largest absolute Gasteiger partial charge is 0.374 e. The van der Waals surface area contributed by atoms with Crippen molar-refractivity contribution in [1.82, 2.24) is 9.88 Å². The second-order valence-corrected chi connectivity index (χ2v) is 6.37. The number of aromatic nitrogens is 1. The van der Waals surface area contributed by atoms with Gasteiger partial charge in [-0.15, -0.1) is 11.3 Å². The first-order valence-corrected chi connectivity index (χ1v) is 8.24. The summed E-state index contributed by atoms with van der Waals surface area (Å²) in [4.78, 5) is 19.1. The summed E-state index contributed by atoms with van der Waals surface area (Å²) in [6.45, 7) is 1.90. The maximum absolute atomic E-state index is 12.7. The lowest BCUT2D eigenvalue weighted by Gasteiger charge is -2.43. The Bertz CT molecular complexity index is 475. The number of ether oxygens (including phenoxy) is 1. The number of hydrogen-bond donors (Lipinski definition) is 1. The Hall–Kier alpha value is -0.980. The van der Waals surface area contributed by atoms with E-state index >= 15 is 0 Å². The number of thiazole rings is 1. The molecule has 1 saturated heterocycles. The van der Waals surface area contributed by atoms with E-state index in [9.17, 15) is 4.79 Å². The molecule has 1 aromatic heterocycles. The molecule has 2 heterocycles. The van der Waals surface area contributed by atoms with Crippen molar-refractivity contribution in [2.75, 3.05) is 19.7 Å². The van der Waals surface area contributed by atoms with Crippen molar-refractivity contribution in [3.63, 3.8) is 0 Å². The van der Waals surface area contributed by atoms with E-state index < -0.39 is 0 Å². The fraction of sp³-hybridized carbons (Fsp3) is 0.714. The summed E-state index contributed by atoms with van der Waals surface area (Å²) in [5.41, 5.74) is 6.10. The van der Waals surface area contributed by atoms with Gasteiger partial charge in [-0.3, -0.25) is 4.79 Å². The quantitative estimate of drug-likeness (QED) is 0.916. The summed E-state index contributed by atoms with van der Waals surface area (Å²) < 4.78 is 5.81. The molecular formula is C14H21N3O2S. The van der Waals surface area contributed by atoms with E-state index in [1.165, 1.54) is 24.2 Å². The molecule has 3 rings (SSSR count). The first-order valence-electron chi connectivity index (χ1n) is 7.36. The van der Waals surface area contributed by atoms with E-state index in [1.54, 1.807) is 0 Å². The van der Waals surface area contributed by atoms with Gasteiger partial charge in [-0.05, 0) is 19.4 Å². The molecule has 0 aromatic carbocycles. The average molecular weight is 295 g/mol. The third-order valence-corrected chi connectivity index (χ3v) is 5.03. The molecule has 0 spiro atoms. The number of rotatable bonds is 3. The van der Waals surface area contributed by atoms with Crippen LogP contribution in [0.5, 0.6) is 0 Å². The molecular weight excluding hydrogens is 274 g/mol. The molecule has 5 nitrogen and oxygen atoms in total. The zero-order chi connectivity index (χ0) is 13.9. The lowest BCUT2D eigenvalue weighted by atomic mass is 9.90. The van der Waals surface area contributed by atoms with Crippen LogP contribution in [0, 0.1) is 0 Å². The second kappa shape index (κ2) is 6.20. The number of nitrogens with two attached hydrogens (primary N) is 1. The Labute approximate surface area is 123 Å². The lowest BCUT2D eigenvalue weighted by molar-refractivity contribution is -0.0754. The Morgan fingerprint density at radius 3 is 3.20 bits per heavy atom. The van der Waals surface area contributed by atoms with E-state index in [1.807, 2.05) is 10.3 Å². The Morgan fingerprint density at radius 2 is 2.35 bits per heavy atom. The SMILES string of the molecule is NCCc1nc(C(=O)N2CCOC3CCCCC32)cs1. The van der Waals surface area contributed by atoms with E-state index in [-0.39, 0.29) is 18.1 Å². The minimum absolute atomic E-state index is 0.0599. The van der Waals surface area contributed by atoms with Gasteiger partial charge >= 0.3 is 0 Å². The standard InChI is InChI=1S/C14H21N3O2S/c15-6-5-13-16-10(9-20-13)14(18)17-7-8-19-12-4-2-1-3-11(12)17/h9,11-12H,1-8,15H2. The molecule has 1 aliphatic carbocycles. The fourth-order valence-corrected chi connectivity index (χ4v) is 3.93. The summed E-state index contributed by atoms with van der Waals surface area (Å²) in [5.74, 6) is 0.0599. The summed E-state index contributed by atoms with van der Waals surface area (Å²) in [6.07, 6.45) is 5.49. The van der Waals surface area contributed by atoms with Crippen molar-refractivity contribution in [3.05, 3.63) is 16.1 Å². The van der Waals surface area contributed by atoms with Gasteiger partial charge in [-0.1, -0.05) is 12.8 Å². The maximum Gasteiger partial charge on any atom is 0.273 e. The Balaban J connectivity index is 1.74. The van der Waals surface area contributed by atoms with Gasteiger partial charge in [0.15, 0.2) is 0 Å². The highest BCUT2D eigenvalue weighted by Gasteiger charge is 2.37. The molecule has 2 unspecified atom stereocenters. The third-order valence-electron chi connectivity index (χ3n) is 4.12. The van der Waals surface area contributed by atoms with Crippen molar-refractivity contribution < 1.29 is 9.53 Å². The van der Waals surface area contributed by atoms with Crippen LogP contribution >= 0.6 is 11.3 Å². The monoisotopic (exact) mass is 295 g/mol. The molecule has 0 radical (unpaired) electrons. The normalized spacial score (nSPS) is 26.4. The van der Waals surface area contributed by atoms with Crippen molar-refractivity contribution in [3.8, 4) is 0 Å². The van der Waals surface area contributed by atoms with Crippen molar-refractivity contribution in [2.24, 2.45) is 5.73 Å². The van der Waals surface area contributed by atoms with Gasteiger partial charge in [0.1, 0.15) is 5.69 Å². The van der Waals surface area contributed by atoms with Crippen LogP contribution in [0.4, 0.5) is 0 Å². The lowest BCUT2D eigenvalue weighted by Crippen LogP contribution is -2.54. The van der Waals surface area contributed by atoms with E-state index in [2.05, 4.69) is 4.98 Å². The number of fused-ring (bicyclic) bond motifs is 1. The van der Waals surface area contributed by atoms with E-state index in [0.29, 0.717) is 25.4 Å². The van der Waals surface area contributed by atoms with Crippen LogP contribution in [0.15, 0.2) is 5.38 Å². The molecule has 1 aliphatic heterocycles. The Morgan fingerprint density at radius 1 is 1.50 bits per heavy atom. The predicted octanol–water partition coefficient (Wildman–Crippen LogP) is 1.43. The molecule has 1 aromatic rings. The van der Waals surface area contributed by atoms with Gasteiger partial charge in [0.25, 0.3) is 5.91 Å². The summed E-state index contributed by atoms with van der Waals surface area (Å²) >= 11 is 1.53. The first-order chi connectivity index (χ1) is 9.79. The van der Waals surface area contributed by atoms with E-state index in [0.717, 1.165) is 24.3 Å². The third kappa shape index (κ3) is 2.73. The minimum atomic E-state index is 0.0599. The van der Waals surface area contributed by atoms with Gasteiger partial charge in [0, 0.05) is 18.3 Å². The number of carbonyl (C=O) groups is 1. The van der Waals surface area contributed by atoms with Crippen LogP contribution in [0.2, 0.25) is 0 Å². The van der Waals surface area contributed by atoms with Gasteiger partial charge in [-0.2, -0.15) is 0 Å². The van der Waals surface area contributed by atoms with Crippen molar-refractivity contribution in [2.45, 2.75) is 44.2 Å². The van der Waals surface area contributed by atoms with Crippen LogP contribution in [0.3, 0.4) is 0 Å². The van der Waals surface area contributed by atoms with Gasteiger partial charge in [0.05, 0.1) is 23.8 Å². The topological polar surface area (TPSA) is 68.5 Å². The van der Waals surface area contributed by atoms with Crippen LogP contribution < -0.4 is 5.73 Å². The van der Waals surface area contributed by atoms with Crippen LogP contribution in [0.1, 0.15) is 41.2 Å². The fourth-order valence-electron chi connectivity index (χ4n) is 3.14. The molecule has 2 N–H and O–H groups in total. The molecule has 2 aliphatic rings. The highest BCUT2D eigenvalue weighted by atomic mass is 32.1. The molecule has 2 atom stereocenters. The number of carbonyl (C=O) groups excluding carboxylic acids is 1. The zero-order valence-corrected chi connectivity index (χ0v) is 12.4. The first kappa shape index (κ1) is 14.0. The van der Waals surface area contributed by atoms with Crippen molar-refractivity contribution >= 4 is 17.2 Å². The highest BCUT2D eigenvalue weighted by Crippen LogP contribution is 2.29. The number of amides is 1. The van der Waals surface area contributed by atoms with Crippen LogP contribution in [0.25, 0.3) is 0 Å². The van der Waals surface area contributed by atoms with Gasteiger partial charge in [-0.25, -0.2) is 4.98 Å². The van der Waals surface area contributed by atoms with Gasteiger partial charge < -0.3 is 15.4 Å². The molecule has 1 saturated carbocycles. The number of nitrogens with zero attached hydrogens (tertiary/aromatic N) is 2. The summed E-state index contributed by atoms with van der Waals surface area (Å²) in [6, 6.07) is 0.240. The smallest absolute Gasteiger partial charge is 0.273 e. The molecule has 2 fully saturated rings. The van der Waals surface area contributed by atoms with Crippen LogP contribution in [-0.2, 0) is 11.2 Å². The molecule has 6 heteroatoms. The average Bonchev–Trinajstić information content (AvgIpc) is 2.95. The Kier molecular flexibility index (Phi) is 4.33. The molecule has 1 amide bonds. The van der Waals surface area contributed by atoms with E-state index in [4.69, 9.17) is 10.5 Å². The second-order valence-electron chi connectivity index (χ2n) is 5.42. The van der Waals surface area contributed by atoms with Gasteiger partial charge in [0.2, 0.25) is 0 Å². The summed E-state index contributed by atoms with van der Waals surface area (Å²) in [5, 5.41) is 2.81. The number of morpholine rings is 1. The number of hydrogen-bond acceptors (Lipinski definition) is 5. The zero-order valence-electron chi connectivity index (χ0n) is 11.6. The maximum atomic E-state index is 12.7. The van der Waals surface area contributed by atoms with Crippen LogP contribution in [-0.4, -0.2) is 47.6 Å². The molecule has 0 bridgehead atoms. The predicted molar refractivity (Wildman–Crippen MR) is 77.9 cm³/mol. The van der Waals surface area contributed by atoms with Crippen molar-refractivity contribution in [1.29, 1.82) is 0 Å². The summed E-state index contributed by atoms with van der Waals surface area (Å²) in [7, 11) is 0. The highest BCUT2D eigenvalue weighted by molar-refractivity contribution is 7.09. The molecule has 110 valence electrons. The molecule has 20 heavy (non-hydrogen) atoms.